The summed E-state index contributed by atoms with van der Waals surface area (Å²) in [7, 11) is 1.61. The lowest BCUT2D eigenvalue weighted by Gasteiger charge is -2.14. The minimum Gasteiger partial charge on any atom is -0.497 e. The second-order valence-electron chi connectivity index (χ2n) is 5.82. The summed E-state index contributed by atoms with van der Waals surface area (Å²) in [4.78, 5) is 12.7. The van der Waals surface area contributed by atoms with Crippen molar-refractivity contribution in [3.63, 3.8) is 0 Å². The van der Waals surface area contributed by atoms with Crippen LogP contribution in [0.3, 0.4) is 0 Å². The van der Waals surface area contributed by atoms with Gasteiger partial charge in [0.1, 0.15) is 11.5 Å². The number of nitrogens with zero attached hydrogens (tertiary/aromatic N) is 2. The molecule has 3 aromatic rings. The third kappa shape index (κ3) is 3.26. The average Bonchev–Trinajstić information content (AvgIpc) is 3.22. The van der Waals surface area contributed by atoms with Crippen LogP contribution in [-0.4, -0.2) is 28.4 Å². The summed E-state index contributed by atoms with van der Waals surface area (Å²) >= 11 is 0. The standard InChI is InChI=1S/C18H20N4O3/c1-10(16-11(2)22-25-12(16)3)20-18(23)15-9-19-21-17(15)13-5-7-14(24-4)8-6-13/h5-10H,1-4H3,(H,19,21)(H,20,23)/t10-/m1/s1. The maximum Gasteiger partial charge on any atom is 0.255 e. The number of nitrogens with one attached hydrogen (secondary N) is 2. The van der Waals surface area contributed by atoms with E-state index in [1.807, 2.05) is 45.0 Å². The zero-order chi connectivity index (χ0) is 18.0. The van der Waals surface area contributed by atoms with Gasteiger partial charge in [0.15, 0.2) is 0 Å². The minimum absolute atomic E-state index is 0.216. The molecule has 130 valence electrons. The lowest BCUT2D eigenvalue weighted by Crippen LogP contribution is -2.27. The largest absolute Gasteiger partial charge is 0.497 e. The van der Waals surface area contributed by atoms with Crippen molar-refractivity contribution in [1.29, 1.82) is 0 Å². The SMILES string of the molecule is COc1ccc(-c2[nH]ncc2C(=O)N[C@H](C)c2c(C)noc2C)cc1. The molecule has 0 aliphatic rings. The second kappa shape index (κ2) is 6.80. The van der Waals surface area contributed by atoms with E-state index in [2.05, 4.69) is 20.7 Å². The number of hydrogen-bond donors (Lipinski definition) is 2. The molecule has 2 aromatic heterocycles. The molecule has 1 aromatic carbocycles. The van der Waals surface area contributed by atoms with Crippen LogP contribution in [0.2, 0.25) is 0 Å². The molecule has 7 heteroatoms. The van der Waals surface area contributed by atoms with Crippen LogP contribution in [0, 0.1) is 13.8 Å². The van der Waals surface area contributed by atoms with E-state index in [1.54, 1.807) is 7.11 Å². The Bertz CT molecular complexity index is 861. The second-order valence-corrected chi connectivity index (χ2v) is 5.82. The quantitative estimate of drug-likeness (QED) is 0.744. The van der Waals surface area contributed by atoms with Gasteiger partial charge >= 0.3 is 0 Å². The third-order valence-corrected chi connectivity index (χ3v) is 4.13. The molecule has 1 amide bonds. The summed E-state index contributed by atoms with van der Waals surface area (Å²) in [5, 5.41) is 13.8. The summed E-state index contributed by atoms with van der Waals surface area (Å²) in [5.41, 5.74) is 3.65. The topological polar surface area (TPSA) is 93.0 Å². The Morgan fingerprint density at radius 3 is 2.60 bits per heavy atom. The number of methoxy groups -OCH3 is 1. The first-order valence-electron chi connectivity index (χ1n) is 7.92. The molecule has 0 spiro atoms. The molecule has 25 heavy (non-hydrogen) atoms. The summed E-state index contributed by atoms with van der Waals surface area (Å²) < 4.78 is 10.3. The van der Waals surface area contributed by atoms with Crippen LogP contribution < -0.4 is 10.1 Å². The number of carbonyl (C=O) groups is 1. The Kier molecular flexibility index (Phi) is 4.56. The van der Waals surface area contributed by atoms with Crippen molar-refractivity contribution in [3.8, 4) is 17.0 Å². The van der Waals surface area contributed by atoms with Crippen molar-refractivity contribution in [2.24, 2.45) is 0 Å². The highest BCUT2D eigenvalue weighted by Crippen LogP contribution is 2.25. The fraction of sp³-hybridized carbons (Fsp3) is 0.278. The van der Waals surface area contributed by atoms with Gasteiger partial charge in [-0.2, -0.15) is 5.10 Å². The van der Waals surface area contributed by atoms with Crippen molar-refractivity contribution in [2.75, 3.05) is 7.11 Å². The van der Waals surface area contributed by atoms with Crippen molar-refractivity contribution < 1.29 is 14.1 Å². The molecule has 1 atom stereocenters. The molecular formula is C18H20N4O3. The molecular weight excluding hydrogens is 320 g/mol. The first-order valence-corrected chi connectivity index (χ1v) is 7.92. The molecule has 0 bridgehead atoms. The molecule has 7 nitrogen and oxygen atoms in total. The monoisotopic (exact) mass is 340 g/mol. The molecule has 0 aliphatic carbocycles. The van der Waals surface area contributed by atoms with Crippen LogP contribution in [0.4, 0.5) is 0 Å². The predicted octanol–water partition coefficient (Wildman–Crippen LogP) is 3.18. The average molecular weight is 340 g/mol. The fourth-order valence-electron chi connectivity index (χ4n) is 2.89. The van der Waals surface area contributed by atoms with Gasteiger partial charge in [-0.25, -0.2) is 0 Å². The summed E-state index contributed by atoms with van der Waals surface area (Å²) in [5.74, 6) is 1.24. The molecule has 0 aliphatic heterocycles. The predicted molar refractivity (Wildman–Crippen MR) is 92.4 cm³/mol. The Hall–Kier alpha value is -3.09. The van der Waals surface area contributed by atoms with Gasteiger partial charge in [-0.1, -0.05) is 5.16 Å². The number of carbonyl (C=O) groups excluding carboxylic acids is 1. The smallest absolute Gasteiger partial charge is 0.255 e. The zero-order valence-corrected chi connectivity index (χ0v) is 14.6. The van der Waals surface area contributed by atoms with E-state index in [0.717, 1.165) is 22.6 Å². The van der Waals surface area contributed by atoms with Crippen LogP contribution in [0.15, 0.2) is 35.0 Å². The molecule has 2 N–H and O–H groups in total. The van der Waals surface area contributed by atoms with Gasteiger partial charge in [-0.05, 0) is 45.0 Å². The highest BCUT2D eigenvalue weighted by atomic mass is 16.5. The van der Waals surface area contributed by atoms with Gasteiger partial charge in [0, 0.05) is 11.1 Å². The lowest BCUT2D eigenvalue weighted by atomic mass is 10.0. The van der Waals surface area contributed by atoms with E-state index in [9.17, 15) is 4.79 Å². The van der Waals surface area contributed by atoms with Gasteiger partial charge in [-0.3, -0.25) is 9.89 Å². The Morgan fingerprint density at radius 1 is 1.28 bits per heavy atom. The first-order chi connectivity index (χ1) is 12.0. The van der Waals surface area contributed by atoms with Gasteiger partial charge in [0.2, 0.25) is 0 Å². The molecule has 3 rings (SSSR count). The number of benzene rings is 1. The van der Waals surface area contributed by atoms with Gasteiger partial charge in [0.05, 0.1) is 36.3 Å². The number of aromatic nitrogens is 3. The van der Waals surface area contributed by atoms with E-state index in [0.29, 0.717) is 17.0 Å². The van der Waals surface area contributed by atoms with Crippen molar-refractivity contribution in [3.05, 3.63) is 53.0 Å². The van der Waals surface area contributed by atoms with E-state index in [1.165, 1.54) is 6.20 Å². The summed E-state index contributed by atoms with van der Waals surface area (Å²) in [6.07, 6.45) is 1.52. The Morgan fingerprint density at radius 2 is 2.00 bits per heavy atom. The maximum absolute atomic E-state index is 12.7. The number of hydrogen-bond acceptors (Lipinski definition) is 5. The van der Waals surface area contributed by atoms with Crippen molar-refractivity contribution >= 4 is 5.91 Å². The normalized spacial score (nSPS) is 12.0. The maximum atomic E-state index is 12.7. The van der Waals surface area contributed by atoms with Crippen molar-refractivity contribution in [2.45, 2.75) is 26.8 Å². The van der Waals surface area contributed by atoms with Crippen LogP contribution >= 0.6 is 0 Å². The molecule has 0 saturated carbocycles. The molecule has 0 unspecified atom stereocenters. The van der Waals surface area contributed by atoms with E-state index in [4.69, 9.17) is 9.26 Å². The highest BCUT2D eigenvalue weighted by molar-refractivity contribution is 5.99. The third-order valence-electron chi connectivity index (χ3n) is 4.13. The summed E-state index contributed by atoms with van der Waals surface area (Å²) in [6.45, 7) is 5.59. The van der Waals surface area contributed by atoms with E-state index in [-0.39, 0.29) is 11.9 Å². The van der Waals surface area contributed by atoms with Crippen molar-refractivity contribution in [1.82, 2.24) is 20.7 Å². The number of aryl methyl sites for hydroxylation is 2. The van der Waals surface area contributed by atoms with E-state index < -0.39 is 0 Å². The lowest BCUT2D eigenvalue weighted by molar-refractivity contribution is 0.0940. The molecule has 0 radical (unpaired) electrons. The number of rotatable bonds is 5. The van der Waals surface area contributed by atoms with Gasteiger partial charge in [-0.15, -0.1) is 0 Å². The first kappa shape index (κ1) is 16.8. The van der Waals surface area contributed by atoms with Crippen LogP contribution in [0.1, 0.15) is 40.3 Å². The minimum atomic E-state index is -0.225. The fourth-order valence-corrected chi connectivity index (χ4v) is 2.89. The Balaban J connectivity index is 1.83. The van der Waals surface area contributed by atoms with Crippen LogP contribution in [0.25, 0.3) is 11.3 Å². The van der Waals surface area contributed by atoms with Gasteiger partial charge in [0.25, 0.3) is 5.91 Å². The number of aromatic amines is 1. The highest BCUT2D eigenvalue weighted by Gasteiger charge is 2.21. The summed E-state index contributed by atoms with van der Waals surface area (Å²) in [6, 6.07) is 7.20. The molecule has 0 saturated heterocycles. The van der Waals surface area contributed by atoms with Crippen LogP contribution in [-0.2, 0) is 0 Å². The Labute approximate surface area is 145 Å². The van der Waals surface area contributed by atoms with E-state index >= 15 is 0 Å². The molecule has 0 fully saturated rings. The van der Waals surface area contributed by atoms with Gasteiger partial charge < -0.3 is 14.6 Å². The van der Waals surface area contributed by atoms with Crippen LogP contribution in [0.5, 0.6) is 5.75 Å². The number of H-pyrrole nitrogens is 1. The zero-order valence-electron chi connectivity index (χ0n) is 14.6. The number of ether oxygens (including phenoxy) is 1. The number of amides is 1. The molecule has 2 heterocycles.